The molecule has 0 radical (unpaired) electrons. The molecule has 0 unspecified atom stereocenters. The monoisotopic (exact) mass is 426 g/mol. The second kappa shape index (κ2) is 6.92. The van der Waals surface area contributed by atoms with Crippen molar-refractivity contribution < 1.29 is 26.7 Å². The average molecular weight is 426 g/mol. The summed E-state index contributed by atoms with van der Waals surface area (Å²) in [5.74, 6) is -4.20. The van der Waals surface area contributed by atoms with Crippen molar-refractivity contribution in [3.05, 3.63) is 47.9 Å². The summed E-state index contributed by atoms with van der Waals surface area (Å²) < 4.78 is 68.2. The van der Waals surface area contributed by atoms with E-state index in [4.69, 9.17) is 0 Å². The Balaban J connectivity index is 1.66. The standard InChI is InChI=1S/C18H17F3N4O3S/c1-29(27,28)24-6-4-23(5-7-24)12-2-3-15(13(19)9-12)25-17-11(10-22-25)8-14(20)18(26)16(17)21/h2-3,8-10,26H,4-7H2,1H3. The van der Waals surface area contributed by atoms with E-state index in [-0.39, 0.29) is 16.6 Å². The third-order valence-corrected chi connectivity index (χ3v) is 6.26. The Morgan fingerprint density at radius 3 is 2.34 bits per heavy atom. The summed E-state index contributed by atoms with van der Waals surface area (Å²) in [5, 5.41) is 13.5. The molecule has 1 fully saturated rings. The highest BCUT2D eigenvalue weighted by Crippen LogP contribution is 2.31. The van der Waals surface area contributed by atoms with Gasteiger partial charge in [0.25, 0.3) is 0 Å². The molecule has 11 heteroatoms. The molecular weight excluding hydrogens is 409 g/mol. The minimum absolute atomic E-state index is 0.0663. The summed E-state index contributed by atoms with van der Waals surface area (Å²) in [6, 6.07) is 5.19. The molecule has 1 aliphatic rings. The molecule has 2 heterocycles. The van der Waals surface area contributed by atoms with Gasteiger partial charge in [-0.2, -0.15) is 9.40 Å². The Labute approximate surface area is 164 Å². The van der Waals surface area contributed by atoms with Crippen LogP contribution in [0.25, 0.3) is 16.6 Å². The Morgan fingerprint density at radius 2 is 1.72 bits per heavy atom. The van der Waals surface area contributed by atoms with Gasteiger partial charge in [0.05, 0.1) is 12.5 Å². The van der Waals surface area contributed by atoms with E-state index in [2.05, 4.69) is 5.10 Å². The highest BCUT2D eigenvalue weighted by atomic mass is 32.2. The lowest BCUT2D eigenvalue weighted by Gasteiger charge is -2.34. The van der Waals surface area contributed by atoms with E-state index < -0.39 is 33.2 Å². The van der Waals surface area contributed by atoms with Gasteiger partial charge in [-0.15, -0.1) is 0 Å². The molecular formula is C18H17F3N4O3S. The van der Waals surface area contributed by atoms with Crippen LogP contribution in [0.2, 0.25) is 0 Å². The van der Waals surface area contributed by atoms with Gasteiger partial charge in [0, 0.05) is 37.3 Å². The third kappa shape index (κ3) is 3.40. The molecule has 0 atom stereocenters. The second-order valence-electron chi connectivity index (χ2n) is 6.80. The Morgan fingerprint density at radius 1 is 1.03 bits per heavy atom. The van der Waals surface area contributed by atoms with Crippen LogP contribution >= 0.6 is 0 Å². The number of halogens is 3. The van der Waals surface area contributed by atoms with Crippen molar-refractivity contribution in [2.75, 3.05) is 37.3 Å². The largest absolute Gasteiger partial charge is 0.503 e. The van der Waals surface area contributed by atoms with Crippen molar-refractivity contribution in [1.29, 1.82) is 0 Å². The van der Waals surface area contributed by atoms with E-state index in [1.54, 1.807) is 6.07 Å². The van der Waals surface area contributed by atoms with Crippen molar-refractivity contribution in [2.45, 2.75) is 0 Å². The molecule has 154 valence electrons. The van der Waals surface area contributed by atoms with Gasteiger partial charge < -0.3 is 10.0 Å². The second-order valence-corrected chi connectivity index (χ2v) is 8.78. The van der Waals surface area contributed by atoms with Crippen LogP contribution in [0.3, 0.4) is 0 Å². The predicted octanol–water partition coefficient (Wildman–Crippen LogP) is 2.23. The van der Waals surface area contributed by atoms with Crippen LogP contribution in [0, 0.1) is 17.5 Å². The van der Waals surface area contributed by atoms with E-state index in [1.807, 2.05) is 4.90 Å². The number of aromatic hydroxyl groups is 1. The minimum atomic E-state index is -3.27. The number of anilines is 1. The van der Waals surface area contributed by atoms with Crippen molar-refractivity contribution in [1.82, 2.24) is 14.1 Å². The zero-order valence-corrected chi connectivity index (χ0v) is 16.1. The average Bonchev–Trinajstić information content (AvgIpc) is 3.09. The SMILES string of the molecule is CS(=O)(=O)N1CCN(c2ccc(-n3ncc4cc(F)c(O)c(F)c43)c(F)c2)CC1. The number of hydrogen-bond donors (Lipinski definition) is 1. The molecule has 4 rings (SSSR count). The van der Waals surface area contributed by atoms with Gasteiger partial charge in [0.1, 0.15) is 11.2 Å². The first-order chi connectivity index (χ1) is 13.7. The topological polar surface area (TPSA) is 78.7 Å². The first kappa shape index (κ1) is 19.5. The summed E-state index contributed by atoms with van der Waals surface area (Å²) in [6.45, 7) is 1.39. The summed E-state index contributed by atoms with van der Waals surface area (Å²) in [7, 11) is -3.27. The highest BCUT2D eigenvalue weighted by molar-refractivity contribution is 7.88. The lowest BCUT2D eigenvalue weighted by atomic mass is 10.2. The molecule has 1 aliphatic heterocycles. The van der Waals surface area contributed by atoms with E-state index in [1.165, 1.54) is 22.6 Å². The van der Waals surface area contributed by atoms with Crippen molar-refractivity contribution in [3.8, 4) is 11.4 Å². The molecule has 1 N–H and O–H groups in total. The molecule has 1 saturated heterocycles. The van der Waals surface area contributed by atoms with Gasteiger partial charge in [-0.25, -0.2) is 26.3 Å². The number of piperazine rings is 1. The number of rotatable bonds is 3. The molecule has 7 nitrogen and oxygen atoms in total. The van der Waals surface area contributed by atoms with E-state index in [9.17, 15) is 26.7 Å². The van der Waals surface area contributed by atoms with Gasteiger partial charge in [-0.3, -0.25) is 0 Å². The lowest BCUT2D eigenvalue weighted by Crippen LogP contribution is -2.48. The van der Waals surface area contributed by atoms with Gasteiger partial charge in [-0.05, 0) is 24.3 Å². The number of phenols is 1. The van der Waals surface area contributed by atoms with Gasteiger partial charge in [0.2, 0.25) is 10.0 Å². The molecule has 29 heavy (non-hydrogen) atoms. The van der Waals surface area contributed by atoms with Crippen molar-refractivity contribution >= 4 is 26.6 Å². The van der Waals surface area contributed by atoms with Gasteiger partial charge in [-0.1, -0.05) is 0 Å². The number of hydrogen-bond acceptors (Lipinski definition) is 5. The van der Waals surface area contributed by atoms with E-state index >= 15 is 0 Å². The smallest absolute Gasteiger partial charge is 0.211 e. The molecule has 2 aromatic carbocycles. The van der Waals surface area contributed by atoms with Gasteiger partial charge >= 0.3 is 0 Å². The van der Waals surface area contributed by atoms with Crippen molar-refractivity contribution in [2.24, 2.45) is 0 Å². The number of fused-ring (bicyclic) bond motifs is 1. The number of sulfonamides is 1. The van der Waals surface area contributed by atoms with Crippen LogP contribution in [0.4, 0.5) is 18.9 Å². The molecule has 0 bridgehead atoms. The van der Waals surface area contributed by atoms with Crippen LogP contribution in [0.15, 0.2) is 30.5 Å². The predicted molar refractivity (Wildman–Crippen MR) is 101 cm³/mol. The molecule has 0 spiro atoms. The van der Waals surface area contributed by atoms with Crippen LogP contribution in [-0.4, -0.2) is 60.0 Å². The van der Waals surface area contributed by atoms with Crippen LogP contribution in [-0.2, 0) is 10.0 Å². The zero-order chi connectivity index (χ0) is 20.9. The fourth-order valence-electron chi connectivity index (χ4n) is 3.43. The maximum absolute atomic E-state index is 14.8. The summed E-state index contributed by atoms with van der Waals surface area (Å²) >= 11 is 0. The molecule has 0 aliphatic carbocycles. The summed E-state index contributed by atoms with van der Waals surface area (Å²) in [5.41, 5.74) is 0.242. The third-order valence-electron chi connectivity index (χ3n) is 4.95. The molecule has 1 aromatic heterocycles. The number of benzene rings is 2. The normalized spacial score (nSPS) is 15.9. The van der Waals surface area contributed by atoms with Crippen LogP contribution in [0.1, 0.15) is 0 Å². The Bertz CT molecular complexity index is 1200. The van der Waals surface area contributed by atoms with E-state index in [0.29, 0.717) is 31.9 Å². The lowest BCUT2D eigenvalue weighted by molar-refractivity contribution is 0.388. The number of nitrogens with zero attached hydrogens (tertiary/aromatic N) is 4. The maximum atomic E-state index is 14.8. The van der Waals surface area contributed by atoms with E-state index in [0.717, 1.165) is 17.0 Å². The molecule has 0 amide bonds. The quantitative estimate of drug-likeness (QED) is 0.695. The first-order valence-electron chi connectivity index (χ1n) is 8.71. The zero-order valence-electron chi connectivity index (χ0n) is 15.3. The molecule has 0 saturated carbocycles. The number of phenolic OH excluding ortho intramolecular Hbond substituents is 1. The van der Waals surface area contributed by atoms with Crippen LogP contribution < -0.4 is 4.90 Å². The Kier molecular flexibility index (Phi) is 4.66. The fraction of sp³-hybridized carbons (Fsp3) is 0.278. The Hall–Kier alpha value is -2.79. The summed E-state index contributed by atoms with van der Waals surface area (Å²) in [6.07, 6.45) is 2.33. The minimum Gasteiger partial charge on any atom is -0.503 e. The first-order valence-corrected chi connectivity index (χ1v) is 10.6. The maximum Gasteiger partial charge on any atom is 0.211 e. The number of aromatic nitrogens is 2. The van der Waals surface area contributed by atoms with Crippen LogP contribution in [0.5, 0.6) is 5.75 Å². The molecule has 3 aromatic rings. The van der Waals surface area contributed by atoms with Gasteiger partial charge in [0.15, 0.2) is 23.2 Å². The fourth-order valence-corrected chi connectivity index (χ4v) is 4.26. The van der Waals surface area contributed by atoms with Crippen molar-refractivity contribution in [3.63, 3.8) is 0 Å². The summed E-state index contributed by atoms with van der Waals surface area (Å²) in [4.78, 5) is 1.84. The highest BCUT2D eigenvalue weighted by Gasteiger charge is 2.24.